The van der Waals surface area contributed by atoms with Crippen LogP contribution in [0.3, 0.4) is 0 Å². The minimum atomic E-state index is 0.450. The Hall–Kier alpha value is -1.39. The van der Waals surface area contributed by atoms with Gasteiger partial charge in [-0.05, 0) is 37.7 Å². The molecular formula is C16H22N2OS. The van der Waals surface area contributed by atoms with Crippen molar-refractivity contribution in [2.24, 2.45) is 0 Å². The first kappa shape index (κ1) is 15.0. The second-order valence-electron chi connectivity index (χ2n) is 4.90. The summed E-state index contributed by atoms with van der Waals surface area (Å²) < 4.78 is 5.60. The Balaban J connectivity index is 2.07. The molecule has 1 aromatic heterocycles. The fourth-order valence-corrected chi connectivity index (χ4v) is 2.87. The average molecular weight is 290 g/mol. The van der Waals surface area contributed by atoms with Crippen molar-refractivity contribution in [2.45, 2.75) is 26.2 Å². The Morgan fingerprint density at radius 2 is 2.05 bits per heavy atom. The van der Waals surface area contributed by atoms with Gasteiger partial charge in [0.05, 0.1) is 17.3 Å². The normalized spacial score (nSPS) is 12.3. The highest BCUT2D eigenvalue weighted by atomic mass is 32.1. The van der Waals surface area contributed by atoms with Gasteiger partial charge in [-0.25, -0.2) is 4.98 Å². The minimum Gasteiger partial charge on any atom is -0.494 e. The van der Waals surface area contributed by atoms with Gasteiger partial charge in [0, 0.05) is 23.4 Å². The van der Waals surface area contributed by atoms with Crippen molar-refractivity contribution in [3.05, 3.63) is 34.7 Å². The highest BCUT2D eigenvalue weighted by Gasteiger charge is 2.10. The molecule has 1 N–H and O–H groups in total. The number of nitrogens with zero attached hydrogens (tertiary/aromatic N) is 1. The number of hydrogen-bond acceptors (Lipinski definition) is 4. The van der Waals surface area contributed by atoms with Gasteiger partial charge in [-0.15, -0.1) is 11.3 Å². The molecule has 1 heterocycles. The molecular weight excluding hydrogens is 268 g/mol. The van der Waals surface area contributed by atoms with Crippen molar-refractivity contribution in [1.29, 1.82) is 0 Å². The van der Waals surface area contributed by atoms with E-state index in [0.717, 1.165) is 36.6 Å². The van der Waals surface area contributed by atoms with Crippen molar-refractivity contribution in [2.75, 3.05) is 20.2 Å². The molecule has 1 unspecified atom stereocenters. The number of ether oxygens (including phenoxy) is 1. The summed E-state index contributed by atoms with van der Waals surface area (Å²) in [5, 5.41) is 6.50. The first-order valence-electron chi connectivity index (χ1n) is 7.07. The van der Waals surface area contributed by atoms with Crippen LogP contribution >= 0.6 is 11.3 Å². The second-order valence-corrected chi connectivity index (χ2v) is 5.79. The molecule has 3 nitrogen and oxygen atoms in total. The van der Waals surface area contributed by atoms with Crippen LogP contribution in [0.5, 0.6) is 5.75 Å². The number of aromatic nitrogens is 1. The lowest BCUT2D eigenvalue weighted by Crippen LogP contribution is -2.14. The summed E-state index contributed by atoms with van der Waals surface area (Å²) in [6, 6.07) is 8.18. The lowest BCUT2D eigenvalue weighted by atomic mass is 10.1. The fourth-order valence-electron chi connectivity index (χ4n) is 1.98. The zero-order chi connectivity index (χ0) is 14.4. The number of hydrogen-bond donors (Lipinski definition) is 1. The third-order valence-corrected chi connectivity index (χ3v) is 4.15. The van der Waals surface area contributed by atoms with Gasteiger partial charge in [0.15, 0.2) is 0 Å². The third kappa shape index (κ3) is 3.81. The van der Waals surface area contributed by atoms with Crippen molar-refractivity contribution in [3.8, 4) is 17.0 Å². The van der Waals surface area contributed by atoms with Gasteiger partial charge >= 0.3 is 0 Å². The molecule has 0 fully saturated rings. The van der Waals surface area contributed by atoms with Crippen LogP contribution in [0.1, 0.15) is 31.2 Å². The predicted octanol–water partition coefficient (Wildman–Crippen LogP) is 3.92. The Morgan fingerprint density at radius 3 is 2.70 bits per heavy atom. The molecule has 0 aliphatic heterocycles. The molecule has 0 radical (unpaired) electrons. The molecule has 1 aromatic carbocycles. The second kappa shape index (κ2) is 7.41. The number of likely N-dealkylation sites (N-methyl/N-ethyl adjacent to an activating group) is 1. The molecule has 20 heavy (non-hydrogen) atoms. The lowest BCUT2D eigenvalue weighted by molar-refractivity contribution is 0.317. The Kier molecular flexibility index (Phi) is 5.56. The van der Waals surface area contributed by atoms with E-state index in [4.69, 9.17) is 9.72 Å². The van der Waals surface area contributed by atoms with Gasteiger partial charge in [-0.1, -0.05) is 13.8 Å². The molecule has 108 valence electrons. The van der Waals surface area contributed by atoms with Gasteiger partial charge < -0.3 is 10.1 Å². The van der Waals surface area contributed by atoms with E-state index < -0.39 is 0 Å². The Labute approximate surface area is 125 Å². The number of benzene rings is 1. The molecule has 0 saturated carbocycles. The summed E-state index contributed by atoms with van der Waals surface area (Å²) in [6.07, 6.45) is 1.03. The highest BCUT2D eigenvalue weighted by molar-refractivity contribution is 7.10. The van der Waals surface area contributed by atoms with Crippen LogP contribution in [0, 0.1) is 0 Å². The van der Waals surface area contributed by atoms with E-state index in [0.29, 0.717) is 5.92 Å². The van der Waals surface area contributed by atoms with Gasteiger partial charge in [0.25, 0.3) is 0 Å². The molecule has 2 aromatic rings. The van der Waals surface area contributed by atoms with Gasteiger partial charge in [-0.3, -0.25) is 0 Å². The maximum absolute atomic E-state index is 5.60. The first-order valence-corrected chi connectivity index (χ1v) is 7.95. The van der Waals surface area contributed by atoms with Crippen molar-refractivity contribution in [3.63, 3.8) is 0 Å². The maximum Gasteiger partial charge on any atom is 0.119 e. The van der Waals surface area contributed by atoms with Crippen molar-refractivity contribution < 1.29 is 4.74 Å². The Bertz CT molecular complexity index is 522. The molecule has 0 spiro atoms. The van der Waals surface area contributed by atoms with Crippen LogP contribution in [0.15, 0.2) is 29.6 Å². The molecule has 0 aliphatic rings. The molecule has 4 heteroatoms. The largest absolute Gasteiger partial charge is 0.494 e. The fraction of sp³-hybridized carbons (Fsp3) is 0.438. The topological polar surface area (TPSA) is 34.1 Å². The van der Waals surface area contributed by atoms with Crippen LogP contribution in [-0.4, -0.2) is 25.2 Å². The number of nitrogens with one attached hydrogen (secondary N) is 1. The summed E-state index contributed by atoms with van der Waals surface area (Å²) in [5.41, 5.74) is 2.20. The van der Waals surface area contributed by atoms with E-state index in [2.05, 4.69) is 36.7 Å². The van der Waals surface area contributed by atoms with Crippen molar-refractivity contribution >= 4 is 11.3 Å². The van der Waals surface area contributed by atoms with Crippen LogP contribution < -0.4 is 10.1 Å². The van der Waals surface area contributed by atoms with E-state index in [9.17, 15) is 0 Å². The standard InChI is InChI=1S/C16H22N2OS/c1-4-9-19-14-7-5-13(6-8-14)15-11-20-16(18-15)12(2)10-17-3/h5-8,11-12,17H,4,9-10H2,1-3H3. The molecule has 1 atom stereocenters. The van der Waals surface area contributed by atoms with Crippen LogP contribution in [0.4, 0.5) is 0 Å². The zero-order valence-corrected chi connectivity index (χ0v) is 13.2. The summed E-state index contributed by atoms with van der Waals surface area (Å²) in [6.45, 7) is 6.02. The van der Waals surface area contributed by atoms with Crippen LogP contribution in [0.2, 0.25) is 0 Å². The molecule has 0 amide bonds. The quantitative estimate of drug-likeness (QED) is 0.839. The van der Waals surface area contributed by atoms with Gasteiger partial charge in [0.1, 0.15) is 5.75 Å². The van der Waals surface area contributed by atoms with Crippen LogP contribution in [-0.2, 0) is 0 Å². The van der Waals surface area contributed by atoms with E-state index >= 15 is 0 Å². The highest BCUT2D eigenvalue weighted by Crippen LogP contribution is 2.27. The minimum absolute atomic E-state index is 0.450. The summed E-state index contributed by atoms with van der Waals surface area (Å²) in [7, 11) is 1.97. The van der Waals surface area contributed by atoms with Crippen molar-refractivity contribution in [1.82, 2.24) is 10.3 Å². The number of thiazole rings is 1. The average Bonchev–Trinajstić information content (AvgIpc) is 2.96. The first-order chi connectivity index (χ1) is 9.74. The zero-order valence-electron chi connectivity index (χ0n) is 12.3. The van der Waals surface area contributed by atoms with Gasteiger partial charge in [0.2, 0.25) is 0 Å². The maximum atomic E-state index is 5.60. The van der Waals surface area contributed by atoms with E-state index in [-0.39, 0.29) is 0 Å². The third-order valence-electron chi connectivity index (χ3n) is 3.08. The summed E-state index contributed by atoms with van der Waals surface area (Å²) >= 11 is 1.73. The lowest BCUT2D eigenvalue weighted by Gasteiger charge is -2.06. The predicted molar refractivity (Wildman–Crippen MR) is 85.7 cm³/mol. The Morgan fingerprint density at radius 1 is 1.30 bits per heavy atom. The molecule has 0 aliphatic carbocycles. The number of rotatable bonds is 7. The summed E-state index contributed by atoms with van der Waals surface area (Å²) in [5.74, 6) is 1.38. The molecule has 0 bridgehead atoms. The smallest absolute Gasteiger partial charge is 0.119 e. The molecule has 0 saturated heterocycles. The SMILES string of the molecule is CCCOc1ccc(-c2csc(C(C)CNC)n2)cc1. The molecule has 2 rings (SSSR count). The van der Waals surface area contributed by atoms with E-state index in [1.165, 1.54) is 5.01 Å². The monoisotopic (exact) mass is 290 g/mol. The van der Waals surface area contributed by atoms with E-state index in [1.807, 2.05) is 19.2 Å². The van der Waals surface area contributed by atoms with E-state index in [1.54, 1.807) is 11.3 Å². The summed E-state index contributed by atoms with van der Waals surface area (Å²) in [4.78, 5) is 4.73. The van der Waals surface area contributed by atoms with Crippen LogP contribution in [0.25, 0.3) is 11.3 Å². The van der Waals surface area contributed by atoms with Gasteiger partial charge in [-0.2, -0.15) is 0 Å².